The third kappa shape index (κ3) is 10.3. The molecule has 0 aromatic carbocycles. The molecule has 47 heavy (non-hydrogen) atoms. The van der Waals surface area contributed by atoms with Crippen molar-refractivity contribution in [1.29, 1.82) is 0 Å². The van der Waals surface area contributed by atoms with Crippen molar-refractivity contribution < 1.29 is 53.6 Å². The number of ether oxygens (including phenoxy) is 1. The predicted octanol–water partition coefficient (Wildman–Crippen LogP) is -4.44. The summed E-state index contributed by atoms with van der Waals surface area (Å²) < 4.78 is 5.22. The van der Waals surface area contributed by atoms with E-state index in [-0.39, 0.29) is 55.9 Å². The summed E-state index contributed by atoms with van der Waals surface area (Å²) >= 11 is 0.982. The molecule has 2 aliphatic heterocycles. The number of carbonyl (C=O) groups is 7. The van der Waals surface area contributed by atoms with Gasteiger partial charge in [-0.3, -0.25) is 38.7 Å². The number of carboxylic acid groups (broad SMARTS) is 2. The summed E-state index contributed by atoms with van der Waals surface area (Å²) in [4.78, 5) is 89.9. The molecule has 4 amide bonds. The highest BCUT2D eigenvalue weighted by atomic mass is 32.2. The van der Waals surface area contributed by atoms with Gasteiger partial charge in [-0.15, -0.1) is 11.8 Å². The van der Waals surface area contributed by atoms with E-state index in [1.54, 1.807) is 0 Å². The van der Waals surface area contributed by atoms with Crippen molar-refractivity contribution in [2.45, 2.75) is 80.7 Å². The highest BCUT2D eigenvalue weighted by molar-refractivity contribution is 8.00. The Bertz CT molecular complexity index is 1290. The SMILES string of the molecule is CC(N)C(=O)NC(CCCN=C(N)N)C(O)CC(=O)OCC1=C(C(=O)O)N2C(=O)C(NC=O)(NC(=O)CCCC(N)C(=O)O)C2SC1. The second-order valence-corrected chi connectivity index (χ2v) is 11.9. The number of amides is 4. The van der Waals surface area contributed by atoms with Crippen LogP contribution in [0.5, 0.6) is 0 Å². The van der Waals surface area contributed by atoms with Crippen molar-refractivity contribution >= 4 is 59.8 Å². The van der Waals surface area contributed by atoms with Crippen LogP contribution in [-0.2, 0) is 38.3 Å². The first-order valence-electron chi connectivity index (χ1n) is 14.4. The van der Waals surface area contributed by atoms with Crippen molar-refractivity contribution in [3.63, 3.8) is 0 Å². The third-order valence-corrected chi connectivity index (χ3v) is 8.57. The molecule has 14 N–H and O–H groups in total. The largest absolute Gasteiger partial charge is 0.480 e. The fourth-order valence-electron chi connectivity index (χ4n) is 4.73. The highest BCUT2D eigenvalue weighted by Crippen LogP contribution is 2.45. The smallest absolute Gasteiger partial charge is 0.352 e. The molecule has 0 aromatic heterocycles. The van der Waals surface area contributed by atoms with Gasteiger partial charge in [0.05, 0.1) is 24.6 Å². The summed E-state index contributed by atoms with van der Waals surface area (Å²) in [6.45, 7) is 1.06. The normalized spacial score (nSPS) is 21.1. The fourth-order valence-corrected chi connectivity index (χ4v) is 6.14. The van der Waals surface area contributed by atoms with Gasteiger partial charge in [-0.1, -0.05) is 0 Å². The van der Waals surface area contributed by atoms with E-state index in [1.807, 2.05) is 0 Å². The molecule has 1 saturated heterocycles. The maximum Gasteiger partial charge on any atom is 0.352 e. The van der Waals surface area contributed by atoms with Crippen LogP contribution in [0.25, 0.3) is 0 Å². The first kappa shape index (κ1) is 38.7. The van der Waals surface area contributed by atoms with Gasteiger partial charge in [-0.25, -0.2) is 4.79 Å². The summed E-state index contributed by atoms with van der Waals surface area (Å²) in [5, 5.41) is 35.7. The summed E-state index contributed by atoms with van der Waals surface area (Å²) in [5.74, 6) is -6.21. The lowest BCUT2D eigenvalue weighted by Crippen LogP contribution is -2.85. The van der Waals surface area contributed by atoms with Gasteiger partial charge in [-0.2, -0.15) is 0 Å². The number of hydrogen-bond donors (Lipinski definition) is 10. The van der Waals surface area contributed by atoms with Crippen LogP contribution in [0.1, 0.15) is 45.4 Å². The molecule has 2 aliphatic rings. The molecular formula is C26H41N9O11S. The summed E-state index contributed by atoms with van der Waals surface area (Å²) in [7, 11) is 0. The molecule has 6 atom stereocenters. The zero-order valence-electron chi connectivity index (χ0n) is 25.5. The molecule has 1 fully saturated rings. The van der Waals surface area contributed by atoms with Crippen molar-refractivity contribution in [1.82, 2.24) is 20.9 Å². The van der Waals surface area contributed by atoms with Crippen LogP contribution in [0.3, 0.4) is 0 Å². The van der Waals surface area contributed by atoms with Crippen LogP contribution in [0.15, 0.2) is 16.3 Å². The van der Waals surface area contributed by atoms with Gasteiger partial charge in [0.25, 0.3) is 5.91 Å². The molecule has 2 rings (SSSR count). The quantitative estimate of drug-likeness (QED) is 0.0110. The molecule has 0 aliphatic carbocycles. The Labute approximate surface area is 273 Å². The molecule has 21 heteroatoms. The number of nitrogens with one attached hydrogen (secondary N) is 3. The number of aliphatic hydroxyl groups is 1. The summed E-state index contributed by atoms with van der Waals surface area (Å²) in [5.41, 5.74) is 19.2. The van der Waals surface area contributed by atoms with Gasteiger partial charge in [0.15, 0.2) is 5.96 Å². The second-order valence-electron chi connectivity index (χ2n) is 10.8. The summed E-state index contributed by atoms with van der Waals surface area (Å²) in [6, 6.07) is -3.01. The minimum Gasteiger partial charge on any atom is -0.480 e. The Morgan fingerprint density at radius 3 is 2.43 bits per heavy atom. The second kappa shape index (κ2) is 17.4. The monoisotopic (exact) mass is 687 g/mol. The van der Waals surface area contributed by atoms with Gasteiger partial charge in [0, 0.05) is 24.3 Å². The predicted molar refractivity (Wildman–Crippen MR) is 164 cm³/mol. The Balaban J connectivity index is 2.10. The fraction of sp³-hybridized carbons (Fsp3) is 0.615. The minimum atomic E-state index is -1.98. The van der Waals surface area contributed by atoms with E-state index >= 15 is 0 Å². The number of aliphatic imine (C=N–C) groups is 1. The number of rotatable bonds is 20. The first-order chi connectivity index (χ1) is 22.0. The van der Waals surface area contributed by atoms with E-state index in [4.69, 9.17) is 32.8 Å². The minimum absolute atomic E-state index is 0.0260. The number of aliphatic hydroxyl groups excluding tert-OH is 1. The van der Waals surface area contributed by atoms with Crippen LogP contribution >= 0.6 is 11.8 Å². The Kier molecular flexibility index (Phi) is 14.4. The average Bonchev–Trinajstić information content (AvgIpc) is 2.99. The van der Waals surface area contributed by atoms with Gasteiger partial charge in [0.2, 0.25) is 23.9 Å². The molecule has 2 heterocycles. The number of guanidine groups is 1. The van der Waals surface area contributed by atoms with E-state index in [2.05, 4.69) is 20.9 Å². The standard InChI is InChI=1S/C26H41N9O11S/c1-12(27)20(40)33-15(5-3-7-31-25(29)30)16(37)8-18(39)46-9-13-10-47-24-26(32-11-36,23(45)35(24)19(13)22(43)44)34-17(38)6-2-4-14(28)21(41)42/h11-12,14-16,24,37H,2-10,27-28H2,1H3,(H,32,36)(H,33,40)(H,34,38)(H,41,42)(H,43,44)(H4,29,30,31). The van der Waals surface area contributed by atoms with Gasteiger partial charge in [-0.05, 0) is 32.6 Å². The molecule has 20 nitrogen and oxygen atoms in total. The number of esters is 1. The third-order valence-electron chi connectivity index (χ3n) is 7.17. The van der Waals surface area contributed by atoms with Crippen LogP contribution in [-0.4, -0.2) is 122 Å². The van der Waals surface area contributed by atoms with Crippen LogP contribution in [0.4, 0.5) is 0 Å². The molecule has 0 radical (unpaired) electrons. The van der Waals surface area contributed by atoms with E-state index in [9.17, 15) is 43.8 Å². The van der Waals surface area contributed by atoms with Crippen LogP contribution in [0.2, 0.25) is 0 Å². The Morgan fingerprint density at radius 1 is 1.17 bits per heavy atom. The number of carbonyl (C=O) groups excluding carboxylic acids is 5. The molecule has 0 aromatic rings. The van der Waals surface area contributed by atoms with E-state index in [0.29, 0.717) is 6.42 Å². The number of nitrogens with zero attached hydrogens (tertiary/aromatic N) is 2. The number of fused-ring (bicyclic) bond motifs is 1. The Hall–Kier alpha value is -4.47. The van der Waals surface area contributed by atoms with Gasteiger partial charge in [0.1, 0.15) is 23.7 Å². The average molecular weight is 688 g/mol. The number of aliphatic carboxylic acids is 2. The zero-order chi connectivity index (χ0) is 35.5. The number of thioether (sulfide) groups is 1. The lowest BCUT2D eigenvalue weighted by atomic mass is 9.94. The van der Waals surface area contributed by atoms with Crippen LogP contribution in [0, 0.1) is 0 Å². The number of hydrogen-bond acceptors (Lipinski definition) is 13. The molecule has 0 spiro atoms. The van der Waals surface area contributed by atoms with Crippen molar-refractivity contribution in [2.24, 2.45) is 27.9 Å². The molecule has 0 bridgehead atoms. The molecule has 0 saturated carbocycles. The topological polar surface area (TPSA) is 345 Å². The molecule has 6 unspecified atom stereocenters. The summed E-state index contributed by atoms with van der Waals surface area (Å²) in [6.07, 6.45) is -1.51. The molecular weight excluding hydrogens is 646 g/mol. The van der Waals surface area contributed by atoms with Crippen molar-refractivity contribution in [3.8, 4) is 0 Å². The number of carboxylic acids is 2. The lowest BCUT2D eigenvalue weighted by molar-refractivity contribution is -0.162. The van der Waals surface area contributed by atoms with E-state index in [0.717, 1.165) is 16.7 Å². The number of β-lactam (4-membered cyclic amide) rings is 1. The maximum absolute atomic E-state index is 13.3. The van der Waals surface area contributed by atoms with Gasteiger partial charge >= 0.3 is 17.9 Å². The zero-order valence-corrected chi connectivity index (χ0v) is 26.4. The Morgan fingerprint density at radius 2 is 1.85 bits per heavy atom. The van der Waals surface area contributed by atoms with Gasteiger partial charge < -0.3 is 58.9 Å². The first-order valence-corrected chi connectivity index (χ1v) is 15.5. The molecule has 262 valence electrons. The van der Waals surface area contributed by atoms with Crippen LogP contribution < -0.4 is 38.9 Å². The van der Waals surface area contributed by atoms with Crippen molar-refractivity contribution in [3.05, 3.63) is 11.3 Å². The van der Waals surface area contributed by atoms with Crippen molar-refractivity contribution in [2.75, 3.05) is 18.9 Å². The lowest BCUT2D eigenvalue weighted by Gasteiger charge is -2.56. The van der Waals surface area contributed by atoms with E-state index in [1.165, 1.54) is 6.92 Å². The van der Waals surface area contributed by atoms with E-state index < -0.39 is 89.6 Å². The number of nitrogens with two attached hydrogens (primary N) is 4. The highest BCUT2D eigenvalue weighted by Gasteiger charge is 2.66. The maximum atomic E-state index is 13.3.